The van der Waals surface area contributed by atoms with Gasteiger partial charge in [-0.2, -0.15) is 57.1 Å². The van der Waals surface area contributed by atoms with E-state index in [2.05, 4.69) is 4.74 Å². The van der Waals surface area contributed by atoms with Crippen LogP contribution in [0.1, 0.15) is 6.92 Å². The Labute approximate surface area is 122 Å². The lowest BCUT2D eigenvalue weighted by Gasteiger charge is -2.33. The molecule has 144 valence electrons. The summed E-state index contributed by atoms with van der Waals surface area (Å²) in [6.07, 6.45) is -26.6. The fraction of sp³-hybridized carbons (Fsp3) is 0.875. The Balaban J connectivity index is 5.96. The van der Waals surface area contributed by atoms with Gasteiger partial charge in [0.15, 0.2) is 0 Å². The molecule has 1 atom stereocenters. The summed E-state index contributed by atoms with van der Waals surface area (Å²) in [6.45, 7) is -0.496. The summed E-state index contributed by atoms with van der Waals surface area (Å²) in [6, 6.07) is 0. The summed E-state index contributed by atoms with van der Waals surface area (Å²) < 4.78 is 164. The minimum absolute atomic E-state index is 0.496. The predicted octanol–water partition coefficient (Wildman–Crippen LogP) is 4.18. The zero-order chi connectivity index (χ0) is 20.0. The molecule has 0 aliphatic rings. The van der Waals surface area contributed by atoms with Crippen LogP contribution in [0.2, 0.25) is 0 Å². The van der Waals surface area contributed by atoms with E-state index in [-0.39, 0.29) is 0 Å². The fourth-order valence-electron chi connectivity index (χ4n) is 0.849. The van der Waals surface area contributed by atoms with Gasteiger partial charge in [0.05, 0.1) is 0 Å². The molecule has 3 nitrogen and oxygen atoms in total. The number of alkyl halides is 13. The van der Waals surface area contributed by atoms with E-state index in [9.17, 15) is 61.9 Å². The molecule has 0 aliphatic carbocycles. The molecule has 0 bridgehead atoms. The van der Waals surface area contributed by atoms with Crippen LogP contribution in [0.4, 0.5) is 57.1 Å². The lowest BCUT2D eigenvalue weighted by Crippen LogP contribution is -2.62. The Morgan fingerprint density at radius 3 is 1.33 bits per heavy atom. The van der Waals surface area contributed by atoms with E-state index < -0.39 is 49.2 Å². The van der Waals surface area contributed by atoms with Gasteiger partial charge in [-0.15, -0.1) is 0 Å². The van der Waals surface area contributed by atoms with Crippen molar-refractivity contribution in [3.63, 3.8) is 0 Å². The molecule has 0 rings (SSSR count). The molecule has 0 spiro atoms. The molecule has 0 fully saturated rings. The molecule has 0 heterocycles. The summed E-state index contributed by atoms with van der Waals surface area (Å²) in [5.74, 6) is -18.2. The molecular formula is C8H3F13O3. The molecule has 0 aromatic carbocycles. The third-order valence-corrected chi connectivity index (χ3v) is 1.89. The summed E-state index contributed by atoms with van der Waals surface area (Å²) in [5.41, 5.74) is 0. The van der Waals surface area contributed by atoms with E-state index in [4.69, 9.17) is 0 Å². The van der Waals surface area contributed by atoms with Crippen molar-refractivity contribution in [2.75, 3.05) is 0 Å². The van der Waals surface area contributed by atoms with E-state index in [0.29, 0.717) is 0 Å². The van der Waals surface area contributed by atoms with Gasteiger partial charge in [0.1, 0.15) is 0 Å². The minimum Gasteiger partial charge on any atom is -0.396 e. The van der Waals surface area contributed by atoms with Crippen LogP contribution in [-0.4, -0.2) is 42.3 Å². The molecule has 0 saturated heterocycles. The smallest absolute Gasteiger partial charge is 0.396 e. The normalized spacial score (nSPS) is 17.4. The van der Waals surface area contributed by atoms with E-state index in [1.807, 2.05) is 0 Å². The van der Waals surface area contributed by atoms with Gasteiger partial charge < -0.3 is 4.74 Å². The van der Waals surface area contributed by atoms with Crippen molar-refractivity contribution in [2.24, 2.45) is 0 Å². The van der Waals surface area contributed by atoms with E-state index in [0.717, 1.165) is 0 Å². The van der Waals surface area contributed by atoms with Crippen molar-refractivity contribution < 1.29 is 71.3 Å². The first-order valence-electron chi connectivity index (χ1n) is 4.98. The number of rotatable bonds is 5. The molecule has 0 aliphatic heterocycles. The van der Waals surface area contributed by atoms with Crippen LogP contribution >= 0.6 is 0 Å². The quantitative estimate of drug-likeness (QED) is 0.519. The Morgan fingerprint density at radius 2 is 1.08 bits per heavy atom. The SMILES string of the molecule is CC(F)(F)OC(=O)C(F)(OC(F)(F)C(F)(F)C(F)(F)F)C(F)(F)F. The Bertz CT molecular complexity index is 473. The van der Waals surface area contributed by atoms with Crippen molar-refractivity contribution >= 4 is 5.97 Å². The van der Waals surface area contributed by atoms with Crippen molar-refractivity contribution in [3.8, 4) is 0 Å². The number of ether oxygens (including phenoxy) is 2. The molecule has 1 unspecified atom stereocenters. The van der Waals surface area contributed by atoms with Gasteiger partial charge in [-0.1, -0.05) is 0 Å². The highest BCUT2D eigenvalue weighted by atomic mass is 19.4. The van der Waals surface area contributed by atoms with Gasteiger partial charge in [-0.05, 0) is 0 Å². The molecule has 0 amide bonds. The summed E-state index contributed by atoms with van der Waals surface area (Å²) >= 11 is 0. The monoisotopic (exact) mass is 394 g/mol. The summed E-state index contributed by atoms with van der Waals surface area (Å²) in [7, 11) is 0. The van der Waals surface area contributed by atoms with Crippen molar-refractivity contribution in [1.82, 2.24) is 0 Å². The largest absolute Gasteiger partial charge is 0.462 e. The number of hydrogen-bond acceptors (Lipinski definition) is 3. The number of hydrogen-bond donors (Lipinski definition) is 0. The second-order valence-electron chi connectivity index (χ2n) is 3.98. The summed E-state index contributed by atoms with van der Waals surface area (Å²) in [5, 5.41) is 0. The summed E-state index contributed by atoms with van der Waals surface area (Å²) in [4.78, 5) is 10.6. The zero-order valence-electron chi connectivity index (χ0n) is 10.6. The maximum absolute atomic E-state index is 13.3. The van der Waals surface area contributed by atoms with Crippen LogP contribution in [0.15, 0.2) is 0 Å². The first-order valence-corrected chi connectivity index (χ1v) is 4.98. The van der Waals surface area contributed by atoms with Gasteiger partial charge in [-0.3, -0.25) is 4.74 Å². The first-order chi connectivity index (χ1) is 10.1. The highest BCUT2D eigenvalue weighted by molar-refractivity contribution is 5.79. The average molecular weight is 394 g/mol. The van der Waals surface area contributed by atoms with Crippen LogP contribution in [-0.2, 0) is 14.3 Å². The Kier molecular flexibility index (Phi) is 5.44. The minimum atomic E-state index is -7.42. The Morgan fingerprint density at radius 1 is 0.708 bits per heavy atom. The number of carbonyl (C=O) groups excluding carboxylic acids is 1. The highest BCUT2D eigenvalue weighted by Gasteiger charge is 2.80. The first kappa shape index (κ1) is 22.5. The predicted molar refractivity (Wildman–Crippen MR) is 43.6 cm³/mol. The van der Waals surface area contributed by atoms with Gasteiger partial charge in [0.2, 0.25) is 0 Å². The van der Waals surface area contributed by atoms with Crippen LogP contribution in [0.25, 0.3) is 0 Å². The molecule has 24 heavy (non-hydrogen) atoms. The average Bonchev–Trinajstić information content (AvgIpc) is 2.22. The molecule has 0 radical (unpaired) electrons. The van der Waals surface area contributed by atoms with Crippen LogP contribution in [0.3, 0.4) is 0 Å². The second-order valence-corrected chi connectivity index (χ2v) is 3.98. The molecule has 0 aromatic heterocycles. The molecular weight excluding hydrogens is 391 g/mol. The van der Waals surface area contributed by atoms with Gasteiger partial charge >= 0.3 is 42.3 Å². The van der Waals surface area contributed by atoms with Crippen LogP contribution < -0.4 is 0 Å². The maximum atomic E-state index is 13.3. The lowest BCUT2D eigenvalue weighted by atomic mass is 10.2. The van der Waals surface area contributed by atoms with E-state index in [1.54, 1.807) is 4.74 Å². The third-order valence-electron chi connectivity index (χ3n) is 1.89. The maximum Gasteiger partial charge on any atom is 0.462 e. The number of carbonyl (C=O) groups is 1. The van der Waals surface area contributed by atoms with Gasteiger partial charge in [0, 0.05) is 6.92 Å². The molecule has 0 N–H and O–H groups in total. The number of esters is 1. The second kappa shape index (κ2) is 5.80. The third kappa shape index (κ3) is 4.32. The van der Waals surface area contributed by atoms with E-state index >= 15 is 0 Å². The van der Waals surface area contributed by atoms with Crippen molar-refractivity contribution in [1.29, 1.82) is 0 Å². The topological polar surface area (TPSA) is 35.5 Å². The zero-order valence-corrected chi connectivity index (χ0v) is 10.6. The number of halogens is 13. The highest BCUT2D eigenvalue weighted by Crippen LogP contribution is 2.51. The van der Waals surface area contributed by atoms with Crippen LogP contribution in [0, 0.1) is 0 Å². The van der Waals surface area contributed by atoms with Gasteiger partial charge in [0.25, 0.3) is 0 Å². The van der Waals surface area contributed by atoms with E-state index in [1.165, 1.54) is 0 Å². The van der Waals surface area contributed by atoms with Crippen LogP contribution in [0.5, 0.6) is 0 Å². The fourth-order valence-corrected chi connectivity index (χ4v) is 0.849. The van der Waals surface area contributed by atoms with Crippen molar-refractivity contribution in [3.05, 3.63) is 0 Å². The standard InChI is InChI=1S/C8H3F13O3/c1-3(9,10)23-2(22)4(11,6(14,15)16)24-8(20,21)5(12,13)7(17,18)19/h1H3. The lowest BCUT2D eigenvalue weighted by molar-refractivity contribution is -0.476. The molecule has 16 heteroatoms. The molecule has 0 aromatic rings. The molecule has 0 saturated carbocycles. The van der Waals surface area contributed by atoms with Crippen molar-refractivity contribution in [2.45, 2.75) is 43.3 Å². The van der Waals surface area contributed by atoms with Gasteiger partial charge in [-0.25, -0.2) is 4.79 Å². The Hall–Kier alpha value is -1.48.